The van der Waals surface area contributed by atoms with Crippen LogP contribution >= 0.6 is 21.6 Å². The lowest BCUT2D eigenvalue weighted by Gasteiger charge is -2.48. The van der Waals surface area contributed by atoms with Crippen LogP contribution in [0.1, 0.15) is 33.1 Å². The standard InChI is InChI=1S/C39H58N4O15S2/c1-4-24-25-8-6-21-12-43(13-26(34(49)50)31(21)42-38(40)41-10-5-11-44)23(15-46)18-59-60-19-28-22(14-45)7-9-29(28)56-35(51)27(25)17-54-36(24)58-37-33(55-20(2)3)39(52,53)32(48)30(16-47)57-37/h4,6,8,13,17,20,22-25,28-30,32-33,36-37,44-48,52-53H,1,5,7,9-12,14-16,18-19H2,2-3H3,(H,49,50)(H3,40,41,42)/p+1/b8-6+/t22-,23-,24+,25-,28+,29+,30+,32+,33-,36-,37-/m0/s1. The number of quaternary nitrogens is 1. The van der Waals surface area contributed by atoms with Gasteiger partial charge in [0, 0.05) is 42.9 Å². The van der Waals surface area contributed by atoms with Gasteiger partial charge >= 0.3 is 11.9 Å². The van der Waals surface area contributed by atoms with Crippen molar-refractivity contribution in [3.8, 4) is 0 Å². The lowest BCUT2D eigenvalue weighted by Crippen LogP contribution is -3.13. The van der Waals surface area contributed by atoms with Crippen molar-refractivity contribution in [2.24, 2.45) is 34.4 Å². The smallest absolute Gasteiger partial charge is 0.343 e. The van der Waals surface area contributed by atoms with E-state index in [1.165, 1.54) is 33.9 Å². The summed E-state index contributed by atoms with van der Waals surface area (Å²) in [5.74, 6) is -6.31. The molecule has 336 valence electrons. The van der Waals surface area contributed by atoms with E-state index < -0.39 is 85.3 Å². The van der Waals surface area contributed by atoms with E-state index in [4.69, 9.17) is 29.4 Å². The van der Waals surface area contributed by atoms with Crippen molar-refractivity contribution >= 4 is 39.5 Å². The van der Waals surface area contributed by atoms with E-state index in [-0.39, 0.29) is 67.5 Å². The average Bonchev–Trinajstić information content (AvgIpc) is 3.60. The molecule has 4 aliphatic heterocycles. The van der Waals surface area contributed by atoms with Gasteiger partial charge in [0.15, 0.2) is 18.4 Å². The third-order valence-electron chi connectivity index (χ3n) is 11.2. The highest BCUT2D eigenvalue weighted by atomic mass is 33.1. The van der Waals surface area contributed by atoms with Crippen molar-refractivity contribution in [2.75, 3.05) is 51.0 Å². The number of carboxylic acids is 1. The third-order valence-corrected chi connectivity index (χ3v) is 13.8. The van der Waals surface area contributed by atoms with Gasteiger partial charge in [-0.05, 0) is 39.0 Å². The van der Waals surface area contributed by atoms with E-state index in [9.17, 15) is 50.4 Å². The van der Waals surface area contributed by atoms with Gasteiger partial charge < -0.3 is 75.6 Å². The lowest BCUT2D eigenvalue weighted by molar-refractivity contribution is -0.867. The van der Waals surface area contributed by atoms with Gasteiger partial charge in [0.25, 0.3) is 0 Å². The summed E-state index contributed by atoms with van der Waals surface area (Å²) in [5.41, 5.74) is 6.62. The Labute approximate surface area is 356 Å². The van der Waals surface area contributed by atoms with Gasteiger partial charge in [-0.3, -0.25) is 9.89 Å². The van der Waals surface area contributed by atoms with E-state index in [1.807, 2.05) is 0 Å². The van der Waals surface area contributed by atoms with Gasteiger partial charge in [0.1, 0.15) is 42.7 Å². The SMILES string of the molecule is C=C[C@H]1[C@H](O[C@@H]2O[C@H](CO)[C@@H](O)C(O)(O)[C@H]2OC(C)C)OC=C2C(=O)O[C@@H]3CC[C@@H](CO)[C@H]3CSSC[C@H](CO)[NH+]3C=C(C(=O)O)C(NC(N)=NCCCO)=C(/C=C/[C@H]21)C3. The van der Waals surface area contributed by atoms with E-state index in [2.05, 4.69) is 16.9 Å². The van der Waals surface area contributed by atoms with Gasteiger partial charge in [0.05, 0.1) is 48.5 Å². The van der Waals surface area contributed by atoms with Gasteiger partial charge in [0.2, 0.25) is 12.1 Å². The quantitative estimate of drug-likeness (QED) is 0.0179. The Morgan fingerprint density at radius 3 is 2.55 bits per heavy atom. The average molecular weight is 888 g/mol. The first-order valence-electron chi connectivity index (χ1n) is 19.9. The number of guanidine groups is 1. The van der Waals surface area contributed by atoms with Crippen molar-refractivity contribution in [1.82, 2.24) is 5.32 Å². The zero-order valence-corrected chi connectivity index (χ0v) is 35.2. The molecule has 1 aliphatic carbocycles. The molecule has 1 saturated heterocycles. The number of aliphatic imine (C=N–C) groups is 1. The molecular formula is C39H59N4O15S2+. The summed E-state index contributed by atoms with van der Waals surface area (Å²) in [6.07, 6.45) is -0.484. The first kappa shape index (κ1) is 48.0. The Balaban J connectivity index is 1.62. The lowest BCUT2D eigenvalue weighted by atomic mass is 9.83. The summed E-state index contributed by atoms with van der Waals surface area (Å²) in [6.45, 7) is 6.25. The highest BCUT2D eigenvalue weighted by Crippen LogP contribution is 2.42. The molecule has 0 spiro atoms. The summed E-state index contributed by atoms with van der Waals surface area (Å²) in [5, 5.41) is 86.1. The van der Waals surface area contributed by atoms with E-state index in [0.717, 1.165) is 6.26 Å². The number of aliphatic hydroxyl groups excluding tert-OH is 5. The number of nitrogens with one attached hydrogen (secondary N) is 2. The fourth-order valence-corrected chi connectivity index (χ4v) is 10.8. The number of aliphatic carboxylic acids is 1. The maximum Gasteiger partial charge on any atom is 0.343 e. The topological polar surface area (TPSA) is 297 Å². The van der Waals surface area contributed by atoms with Crippen LogP contribution in [0, 0.1) is 23.7 Å². The zero-order valence-electron chi connectivity index (χ0n) is 33.6. The molecule has 2 bridgehead atoms. The van der Waals surface area contributed by atoms with E-state index in [0.29, 0.717) is 41.2 Å². The van der Waals surface area contributed by atoms with Gasteiger partial charge in [-0.2, -0.15) is 0 Å². The second kappa shape index (κ2) is 21.9. The Morgan fingerprint density at radius 1 is 1.15 bits per heavy atom. The molecule has 12 N–H and O–H groups in total. The van der Waals surface area contributed by atoms with E-state index in [1.54, 1.807) is 26.0 Å². The molecule has 1 saturated carbocycles. The number of hydrogen-bond donors (Lipinski definition) is 11. The van der Waals surface area contributed by atoms with Crippen LogP contribution in [0.25, 0.3) is 0 Å². The molecule has 21 heteroatoms. The highest BCUT2D eigenvalue weighted by molar-refractivity contribution is 8.76. The molecule has 5 aliphatic rings. The number of ether oxygens (including phenoxy) is 5. The normalized spacial score (nSPS) is 35.6. The predicted octanol–water partition coefficient (Wildman–Crippen LogP) is -2.14. The van der Waals surface area contributed by atoms with Crippen LogP contribution in [0.4, 0.5) is 0 Å². The molecule has 0 aromatic rings. The maximum absolute atomic E-state index is 14.3. The zero-order chi connectivity index (χ0) is 43.7. The fourth-order valence-electron chi connectivity index (χ4n) is 7.91. The number of fused-ring (bicyclic) bond motifs is 4. The summed E-state index contributed by atoms with van der Waals surface area (Å²) in [6, 6.07) is -0.448. The third kappa shape index (κ3) is 11.1. The molecule has 0 aromatic carbocycles. The van der Waals surface area contributed by atoms with E-state index >= 15 is 0 Å². The number of rotatable bonds is 13. The molecule has 5 rings (SSSR count). The number of esters is 1. The van der Waals surface area contributed by atoms with Crippen LogP contribution < -0.4 is 16.0 Å². The van der Waals surface area contributed by atoms with Crippen LogP contribution in [0.2, 0.25) is 0 Å². The van der Waals surface area contributed by atoms with Crippen molar-refractivity contribution < 1.29 is 79.0 Å². The predicted molar refractivity (Wildman–Crippen MR) is 218 cm³/mol. The minimum Gasteiger partial charge on any atom is -0.477 e. The summed E-state index contributed by atoms with van der Waals surface area (Å²) >= 11 is 0. The number of nitrogens with zero attached hydrogens (tertiary/aromatic N) is 1. The number of allylic oxidation sites excluding steroid dienone is 1. The minimum absolute atomic E-state index is 0.0422. The molecule has 0 radical (unpaired) electrons. The second-order valence-corrected chi connectivity index (χ2v) is 18.1. The Bertz CT molecular complexity index is 1670. The number of aliphatic hydroxyl groups is 7. The van der Waals surface area contributed by atoms with Crippen molar-refractivity contribution in [3.63, 3.8) is 0 Å². The Hall–Kier alpha value is -3.03. The molecule has 0 aromatic heterocycles. The van der Waals surface area contributed by atoms with Gasteiger partial charge in [-0.15, -0.1) is 6.58 Å². The minimum atomic E-state index is -2.94. The molecule has 0 amide bonds. The van der Waals surface area contributed by atoms with Crippen molar-refractivity contribution in [2.45, 2.75) is 88.0 Å². The fraction of sp³-hybridized carbons (Fsp3) is 0.667. The summed E-state index contributed by atoms with van der Waals surface area (Å²) in [7, 11) is 3.01. The van der Waals surface area contributed by atoms with Crippen LogP contribution in [0.3, 0.4) is 0 Å². The van der Waals surface area contributed by atoms with Crippen molar-refractivity contribution in [1.29, 1.82) is 0 Å². The first-order valence-corrected chi connectivity index (χ1v) is 22.4. The molecule has 2 fully saturated rings. The molecule has 1 unspecified atom stereocenters. The number of hydrogen-bond acceptors (Lipinski definition) is 17. The highest BCUT2D eigenvalue weighted by Gasteiger charge is 2.57. The number of carbonyl (C=O) groups excluding carboxylic acids is 1. The number of nitrogens with two attached hydrogens (primary N) is 1. The molecular weight excluding hydrogens is 829 g/mol. The molecule has 60 heavy (non-hydrogen) atoms. The molecule has 12 atom stereocenters. The second-order valence-electron chi connectivity index (χ2n) is 15.5. The molecule has 19 nitrogen and oxygen atoms in total. The van der Waals surface area contributed by atoms with Crippen LogP contribution in [0.15, 0.2) is 64.7 Å². The number of carbonyl (C=O) groups is 2. The number of carboxylic acid groups (broad SMARTS) is 1. The van der Waals surface area contributed by atoms with Crippen LogP contribution in [-0.4, -0.2) is 165 Å². The largest absolute Gasteiger partial charge is 0.477 e. The monoisotopic (exact) mass is 887 g/mol. The van der Waals surface area contributed by atoms with Gasteiger partial charge in [-0.25, -0.2) is 9.59 Å². The maximum atomic E-state index is 14.3. The Morgan fingerprint density at radius 2 is 1.90 bits per heavy atom. The molecule has 4 heterocycles. The summed E-state index contributed by atoms with van der Waals surface area (Å²) in [4.78, 5) is 32.0. The Kier molecular flexibility index (Phi) is 17.5. The first-order chi connectivity index (χ1) is 28.7. The van der Waals surface area contributed by atoms with Crippen molar-refractivity contribution in [3.05, 3.63) is 59.7 Å². The van der Waals surface area contributed by atoms with Gasteiger partial charge in [-0.1, -0.05) is 39.8 Å². The summed E-state index contributed by atoms with van der Waals surface area (Å²) < 4.78 is 30.0. The van der Waals surface area contributed by atoms with Crippen LogP contribution in [0.5, 0.6) is 0 Å². The van der Waals surface area contributed by atoms with Crippen LogP contribution in [-0.2, 0) is 33.3 Å².